The topological polar surface area (TPSA) is 83.3 Å². The maximum absolute atomic E-state index is 9.70. The van der Waals surface area contributed by atoms with E-state index in [4.69, 9.17) is 13.1 Å². The van der Waals surface area contributed by atoms with Crippen molar-refractivity contribution in [2.45, 2.75) is 0 Å². The van der Waals surface area contributed by atoms with Crippen LogP contribution in [0.25, 0.3) is 42.7 Å². The van der Waals surface area contributed by atoms with E-state index in [0.29, 0.717) is 33.8 Å². The van der Waals surface area contributed by atoms with E-state index in [1.807, 2.05) is 89.8 Å². The Hall–Kier alpha value is -7.17. The van der Waals surface area contributed by atoms with E-state index in [1.165, 1.54) is 0 Å². The lowest BCUT2D eigenvalue weighted by molar-refractivity contribution is 1.28. The van der Waals surface area contributed by atoms with Gasteiger partial charge in [-0.3, -0.25) is 0 Å². The van der Waals surface area contributed by atoms with Gasteiger partial charge in [-0.1, -0.05) is 54.6 Å². The Morgan fingerprint density at radius 3 is 1.67 bits per heavy atom. The highest BCUT2D eigenvalue weighted by Crippen LogP contribution is 2.40. The number of hydrogen-bond acceptors (Lipinski definition) is 4. The van der Waals surface area contributed by atoms with Crippen molar-refractivity contribution in [1.29, 1.82) is 15.8 Å². The number of rotatable bonds is 5. The SMILES string of the molecule is [C-]#[N+]c1cc(C#N)cc(-c2ccc(N(c3ccc(-c4ccc(C#N)c5ccccc45)cc3)c3cc(C#N)cc([N+]#[C-])c3)cc2)c1. The van der Waals surface area contributed by atoms with Crippen LogP contribution in [-0.4, -0.2) is 0 Å². The zero-order valence-corrected chi connectivity index (χ0v) is 23.7. The first-order valence-corrected chi connectivity index (χ1v) is 13.8. The highest BCUT2D eigenvalue weighted by molar-refractivity contribution is 6.00. The molecule has 0 fully saturated rings. The molecule has 0 aliphatic carbocycles. The summed E-state index contributed by atoms with van der Waals surface area (Å²) < 4.78 is 0. The monoisotopic (exact) mass is 572 g/mol. The molecular weight excluding hydrogens is 552 g/mol. The molecule has 0 saturated heterocycles. The highest BCUT2D eigenvalue weighted by Gasteiger charge is 2.16. The Kier molecular flexibility index (Phi) is 7.45. The van der Waals surface area contributed by atoms with Crippen LogP contribution in [0.15, 0.2) is 121 Å². The minimum Gasteiger partial charge on any atom is -0.312 e. The van der Waals surface area contributed by atoms with Gasteiger partial charge in [0.2, 0.25) is 0 Å². The van der Waals surface area contributed by atoms with E-state index in [2.05, 4.69) is 27.9 Å². The number of nitriles is 3. The van der Waals surface area contributed by atoms with Gasteiger partial charge in [0.1, 0.15) is 0 Å². The van der Waals surface area contributed by atoms with Gasteiger partial charge >= 0.3 is 0 Å². The van der Waals surface area contributed by atoms with Crippen LogP contribution in [0.1, 0.15) is 16.7 Å². The third-order valence-electron chi connectivity index (χ3n) is 7.53. The van der Waals surface area contributed by atoms with E-state index < -0.39 is 0 Å². The van der Waals surface area contributed by atoms with Crippen LogP contribution in [0.2, 0.25) is 0 Å². The van der Waals surface area contributed by atoms with Crippen LogP contribution in [-0.2, 0) is 0 Å². The fraction of sp³-hybridized carbons (Fsp3) is 0. The summed E-state index contributed by atoms with van der Waals surface area (Å²) in [4.78, 5) is 9.08. The minimum absolute atomic E-state index is 0.353. The van der Waals surface area contributed by atoms with Crippen molar-refractivity contribution in [3.63, 3.8) is 0 Å². The summed E-state index contributed by atoms with van der Waals surface area (Å²) in [5, 5.41) is 30.6. The first kappa shape index (κ1) is 28.0. The summed E-state index contributed by atoms with van der Waals surface area (Å²) in [5.74, 6) is 0. The first-order valence-electron chi connectivity index (χ1n) is 13.8. The van der Waals surface area contributed by atoms with Crippen molar-refractivity contribution >= 4 is 39.2 Å². The minimum atomic E-state index is 0.353. The summed E-state index contributed by atoms with van der Waals surface area (Å²) >= 11 is 0. The highest BCUT2D eigenvalue weighted by atomic mass is 15.1. The Labute approximate surface area is 260 Å². The van der Waals surface area contributed by atoms with E-state index in [0.717, 1.165) is 44.4 Å². The molecule has 6 heteroatoms. The van der Waals surface area contributed by atoms with Gasteiger partial charge in [-0.05, 0) is 94.4 Å². The Morgan fingerprint density at radius 1 is 0.489 bits per heavy atom. The predicted octanol–water partition coefficient (Wildman–Crippen LogP) is 10.4. The lowest BCUT2D eigenvalue weighted by atomic mass is 9.95. The molecule has 6 rings (SSSR count). The zero-order chi connectivity index (χ0) is 31.3. The molecule has 0 saturated carbocycles. The first-order chi connectivity index (χ1) is 22.0. The molecule has 6 aromatic carbocycles. The van der Waals surface area contributed by atoms with Crippen LogP contribution in [0.5, 0.6) is 0 Å². The number of hydrogen-bond donors (Lipinski definition) is 0. The number of anilines is 3. The molecule has 0 aliphatic heterocycles. The van der Waals surface area contributed by atoms with E-state index in [1.54, 1.807) is 36.4 Å². The molecule has 45 heavy (non-hydrogen) atoms. The van der Waals surface area contributed by atoms with Crippen molar-refractivity contribution in [2.24, 2.45) is 0 Å². The van der Waals surface area contributed by atoms with Crippen LogP contribution < -0.4 is 4.90 Å². The molecule has 0 aromatic heterocycles. The maximum atomic E-state index is 9.70. The van der Waals surface area contributed by atoms with Gasteiger partial charge in [0, 0.05) is 33.6 Å². The summed E-state index contributed by atoms with van der Waals surface area (Å²) in [6, 6.07) is 44.1. The second-order valence-electron chi connectivity index (χ2n) is 10.2. The molecule has 0 aliphatic rings. The lowest BCUT2D eigenvalue weighted by Crippen LogP contribution is -2.10. The second kappa shape index (κ2) is 12.0. The molecule has 206 valence electrons. The van der Waals surface area contributed by atoms with E-state index in [-0.39, 0.29) is 0 Å². The molecule has 0 amide bonds. The molecule has 0 radical (unpaired) electrons. The third kappa shape index (κ3) is 5.42. The molecule has 6 aromatic rings. The van der Waals surface area contributed by atoms with Crippen LogP contribution in [0.3, 0.4) is 0 Å². The molecule has 0 unspecified atom stereocenters. The molecule has 0 heterocycles. The normalized spacial score (nSPS) is 10.1. The second-order valence-corrected chi connectivity index (χ2v) is 10.2. The summed E-state index contributed by atoms with van der Waals surface area (Å²) in [6.07, 6.45) is 0. The largest absolute Gasteiger partial charge is 0.312 e. The Morgan fingerprint density at radius 2 is 1.07 bits per heavy atom. The van der Waals surface area contributed by atoms with Gasteiger partial charge in [0.05, 0.1) is 36.9 Å². The number of benzene rings is 6. The van der Waals surface area contributed by atoms with Gasteiger partial charge in [0.25, 0.3) is 0 Å². The quantitative estimate of drug-likeness (QED) is 0.192. The molecule has 0 spiro atoms. The fourth-order valence-electron chi connectivity index (χ4n) is 5.45. The van der Waals surface area contributed by atoms with Crippen molar-refractivity contribution < 1.29 is 0 Å². The Bertz CT molecular complexity index is 2250. The van der Waals surface area contributed by atoms with E-state index in [9.17, 15) is 15.8 Å². The fourth-order valence-corrected chi connectivity index (χ4v) is 5.45. The molecule has 0 bridgehead atoms. The molecule has 0 atom stereocenters. The van der Waals surface area contributed by atoms with Gasteiger partial charge in [-0.15, -0.1) is 0 Å². The van der Waals surface area contributed by atoms with Crippen LogP contribution in [0.4, 0.5) is 28.4 Å². The van der Waals surface area contributed by atoms with Crippen molar-refractivity contribution in [2.75, 3.05) is 4.90 Å². The van der Waals surface area contributed by atoms with Crippen LogP contribution in [0, 0.1) is 47.1 Å². The predicted molar refractivity (Wildman–Crippen MR) is 176 cm³/mol. The molecule has 6 nitrogen and oxygen atoms in total. The van der Waals surface area contributed by atoms with Crippen molar-refractivity contribution in [3.05, 3.63) is 161 Å². The summed E-state index contributed by atoms with van der Waals surface area (Å²) in [6.45, 7) is 15.0. The zero-order valence-electron chi connectivity index (χ0n) is 23.7. The van der Waals surface area contributed by atoms with Crippen molar-refractivity contribution in [1.82, 2.24) is 0 Å². The standard InChI is InChI=1S/C39H20N6/c1-43-32-18-26(23-40)17-31(21-32)28-7-12-34(13-8-28)45(36-20-27(24-41)19-33(22-36)44-2)35-14-9-29(10-15-35)38-16-11-30(25-42)37-5-3-4-6-39(37)38/h3-22H. The van der Waals surface area contributed by atoms with Gasteiger partial charge < -0.3 is 4.90 Å². The van der Waals surface area contributed by atoms with Crippen LogP contribution >= 0.6 is 0 Å². The number of nitrogens with zero attached hydrogens (tertiary/aromatic N) is 6. The molecular formula is C39H20N6. The smallest absolute Gasteiger partial charge is 0.190 e. The Balaban J connectivity index is 1.46. The third-order valence-corrected chi connectivity index (χ3v) is 7.53. The number of fused-ring (bicyclic) bond motifs is 1. The average molecular weight is 573 g/mol. The maximum Gasteiger partial charge on any atom is 0.190 e. The lowest BCUT2D eigenvalue weighted by Gasteiger charge is -2.26. The summed E-state index contributed by atoms with van der Waals surface area (Å²) in [5.41, 5.74) is 8.03. The van der Waals surface area contributed by atoms with E-state index >= 15 is 0 Å². The van der Waals surface area contributed by atoms with Gasteiger partial charge in [0.15, 0.2) is 11.4 Å². The average Bonchev–Trinajstić information content (AvgIpc) is 3.11. The summed E-state index contributed by atoms with van der Waals surface area (Å²) in [7, 11) is 0. The van der Waals surface area contributed by atoms with Gasteiger partial charge in [-0.25, -0.2) is 9.69 Å². The molecule has 0 N–H and O–H groups in total. The van der Waals surface area contributed by atoms with Gasteiger partial charge in [-0.2, -0.15) is 15.8 Å². The van der Waals surface area contributed by atoms with Crippen molar-refractivity contribution in [3.8, 4) is 40.5 Å².